The first-order chi connectivity index (χ1) is 12.8. The Morgan fingerprint density at radius 1 is 1.22 bits per heavy atom. The van der Waals surface area contributed by atoms with Gasteiger partial charge in [-0.3, -0.25) is 9.78 Å². The van der Waals surface area contributed by atoms with Crippen molar-refractivity contribution in [2.45, 2.75) is 39.7 Å². The number of carbonyl (C=O) groups is 1. The molecule has 2 heterocycles. The molecule has 0 saturated carbocycles. The molecule has 1 aromatic carbocycles. The predicted molar refractivity (Wildman–Crippen MR) is 106 cm³/mol. The lowest BCUT2D eigenvalue weighted by Gasteiger charge is -2.36. The normalized spacial score (nSPS) is 16.3. The van der Waals surface area contributed by atoms with Crippen LogP contribution in [-0.4, -0.2) is 41.5 Å². The maximum atomic E-state index is 13.3. The van der Waals surface area contributed by atoms with E-state index in [1.807, 2.05) is 0 Å². The van der Waals surface area contributed by atoms with Crippen LogP contribution in [0.5, 0.6) is 0 Å². The summed E-state index contributed by atoms with van der Waals surface area (Å²) in [6.45, 7) is 9.86. The van der Waals surface area contributed by atoms with Crippen LogP contribution in [0, 0.1) is 11.2 Å². The van der Waals surface area contributed by atoms with Crippen molar-refractivity contribution in [2.24, 2.45) is 5.41 Å². The van der Waals surface area contributed by atoms with E-state index in [9.17, 15) is 9.18 Å². The van der Waals surface area contributed by atoms with E-state index in [1.165, 1.54) is 12.1 Å². The molecule has 144 valence electrons. The number of halogens is 1. The molecule has 1 fully saturated rings. The van der Waals surface area contributed by atoms with Gasteiger partial charge in [-0.05, 0) is 42.5 Å². The standard InChI is InChI=1S/C22H28FN3O/c1-22(2,3)15-26-11-9-19(10-12-26)25-21(27)17-7-8-20(24-14-17)16-5-4-6-18(23)13-16/h4-8,13-14,19H,9-12,15H2,1-3H3,(H,25,27). The Bertz CT molecular complexity index is 775. The first-order valence-electron chi connectivity index (χ1n) is 9.55. The van der Waals surface area contributed by atoms with Gasteiger partial charge < -0.3 is 10.2 Å². The Kier molecular flexibility index (Phi) is 5.90. The summed E-state index contributed by atoms with van der Waals surface area (Å²) in [6, 6.07) is 10.0. The third kappa shape index (κ3) is 5.60. The molecule has 3 rings (SSSR count). The zero-order valence-electron chi connectivity index (χ0n) is 16.3. The van der Waals surface area contributed by atoms with Gasteiger partial charge in [-0.25, -0.2) is 4.39 Å². The van der Waals surface area contributed by atoms with Gasteiger partial charge in [0.15, 0.2) is 0 Å². The van der Waals surface area contributed by atoms with Crippen LogP contribution in [0.2, 0.25) is 0 Å². The number of amides is 1. The minimum absolute atomic E-state index is 0.0948. The van der Waals surface area contributed by atoms with Crippen molar-refractivity contribution in [3.63, 3.8) is 0 Å². The fraction of sp³-hybridized carbons (Fsp3) is 0.455. The molecule has 0 bridgehead atoms. The van der Waals surface area contributed by atoms with Crippen molar-refractivity contribution in [3.05, 3.63) is 54.0 Å². The van der Waals surface area contributed by atoms with Crippen LogP contribution in [0.15, 0.2) is 42.6 Å². The van der Waals surface area contributed by atoms with E-state index in [0.29, 0.717) is 22.2 Å². The van der Waals surface area contributed by atoms with Gasteiger partial charge in [-0.15, -0.1) is 0 Å². The topological polar surface area (TPSA) is 45.2 Å². The zero-order chi connectivity index (χ0) is 19.4. The van der Waals surface area contributed by atoms with Crippen molar-refractivity contribution in [2.75, 3.05) is 19.6 Å². The van der Waals surface area contributed by atoms with E-state index in [0.717, 1.165) is 32.5 Å². The first kappa shape index (κ1) is 19.5. The SMILES string of the molecule is CC(C)(C)CN1CCC(NC(=O)c2ccc(-c3cccc(F)c3)nc2)CC1. The highest BCUT2D eigenvalue weighted by Crippen LogP contribution is 2.20. The summed E-state index contributed by atoms with van der Waals surface area (Å²) in [7, 11) is 0. The van der Waals surface area contributed by atoms with Gasteiger partial charge >= 0.3 is 0 Å². The fourth-order valence-electron chi connectivity index (χ4n) is 3.52. The average molecular weight is 369 g/mol. The second-order valence-electron chi connectivity index (χ2n) is 8.53. The molecule has 1 aliphatic rings. The Morgan fingerprint density at radius 3 is 2.56 bits per heavy atom. The predicted octanol–water partition coefficient (Wildman–Crippen LogP) is 4.13. The Hall–Kier alpha value is -2.27. The molecule has 0 radical (unpaired) electrons. The van der Waals surface area contributed by atoms with Crippen LogP contribution in [0.3, 0.4) is 0 Å². The quantitative estimate of drug-likeness (QED) is 0.881. The van der Waals surface area contributed by atoms with Crippen molar-refractivity contribution < 1.29 is 9.18 Å². The highest BCUT2D eigenvalue weighted by molar-refractivity contribution is 5.94. The number of hydrogen-bond donors (Lipinski definition) is 1. The summed E-state index contributed by atoms with van der Waals surface area (Å²) >= 11 is 0. The number of rotatable bonds is 4. The van der Waals surface area contributed by atoms with E-state index < -0.39 is 0 Å². The highest BCUT2D eigenvalue weighted by Gasteiger charge is 2.24. The lowest BCUT2D eigenvalue weighted by Crippen LogP contribution is -2.46. The Balaban J connectivity index is 1.54. The van der Waals surface area contributed by atoms with Crippen LogP contribution < -0.4 is 5.32 Å². The Morgan fingerprint density at radius 2 is 1.96 bits per heavy atom. The molecular weight excluding hydrogens is 341 g/mol. The number of likely N-dealkylation sites (tertiary alicyclic amines) is 1. The van der Waals surface area contributed by atoms with Gasteiger partial charge in [0.05, 0.1) is 11.3 Å². The van der Waals surface area contributed by atoms with Gasteiger partial charge in [0.25, 0.3) is 5.91 Å². The maximum absolute atomic E-state index is 13.3. The van der Waals surface area contributed by atoms with Crippen molar-refractivity contribution >= 4 is 5.91 Å². The summed E-state index contributed by atoms with van der Waals surface area (Å²) in [5.41, 5.74) is 2.19. The minimum atomic E-state index is -0.297. The first-order valence-corrected chi connectivity index (χ1v) is 9.55. The smallest absolute Gasteiger partial charge is 0.253 e. The van der Waals surface area contributed by atoms with Gasteiger partial charge in [0.2, 0.25) is 0 Å². The average Bonchev–Trinajstić information content (AvgIpc) is 2.62. The molecule has 5 heteroatoms. The summed E-state index contributed by atoms with van der Waals surface area (Å²) in [5, 5.41) is 3.12. The summed E-state index contributed by atoms with van der Waals surface area (Å²) < 4.78 is 13.3. The molecule has 4 nitrogen and oxygen atoms in total. The Labute approximate surface area is 160 Å². The molecule has 1 amide bonds. The van der Waals surface area contributed by atoms with E-state index >= 15 is 0 Å². The summed E-state index contributed by atoms with van der Waals surface area (Å²) in [4.78, 5) is 19.3. The second kappa shape index (κ2) is 8.17. The zero-order valence-corrected chi connectivity index (χ0v) is 16.3. The molecule has 1 aliphatic heterocycles. The van der Waals surface area contributed by atoms with Gasteiger partial charge in [0, 0.05) is 37.4 Å². The molecule has 0 atom stereocenters. The molecule has 1 N–H and O–H groups in total. The van der Waals surface area contributed by atoms with E-state index in [-0.39, 0.29) is 17.8 Å². The van der Waals surface area contributed by atoms with Gasteiger partial charge in [0.1, 0.15) is 5.82 Å². The largest absolute Gasteiger partial charge is 0.349 e. The third-order valence-electron chi connectivity index (χ3n) is 4.77. The molecule has 0 spiro atoms. The molecule has 0 unspecified atom stereocenters. The molecule has 1 aromatic heterocycles. The van der Waals surface area contributed by atoms with Crippen LogP contribution >= 0.6 is 0 Å². The van der Waals surface area contributed by atoms with Crippen LogP contribution in [0.4, 0.5) is 4.39 Å². The van der Waals surface area contributed by atoms with E-state index in [2.05, 4.69) is 36.0 Å². The fourth-order valence-corrected chi connectivity index (χ4v) is 3.52. The lowest BCUT2D eigenvalue weighted by atomic mass is 9.94. The van der Waals surface area contributed by atoms with Gasteiger partial charge in [-0.2, -0.15) is 0 Å². The van der Waals surface area contributed by atoms with Crippen LogP contribution in [-0.2, 0) is 0 Å². The summed E-state index contributed by atoms with van der Waals surface area (Å²) in [6.07, 6.45) is 3.50. The van der Waals surface area contributed by atoms with Crippen molar-refractivity contribution in [1.82, 2.24) is 15.2 Å². The lowest BCUT2D eigenvalue weighted by molar-refractivity contribution is 0.0895. The van der Waals surface area contributed by atoms with Crippen molar-refractivity contribution in [3.8, 4) is 11.3 Å². The van der Waals surface area contributed by atoms with Crippen LogP contribution in [0.1, 0.15) is 44.0 Å². The van der Waals surface area contributed by atoms with Gasteiger partial charge in [-0.1, -0.05) is 32.9 Å². The summed E-state index contributed by atoms with van der Waals surface area (Å²) in [5.74, 6) is -0.392. The minimum Gasteiger partial charge on any atom is -0.349 e. The molecule has 2 aromatic rings. The molecule has 0 aliphatic carbocycles. The molecule has 1 saturated heterocycles. The molecular formula is C22H28FN3O. The van der Waals surface area contributed by atoms with E-state index in [1.54, 1.807) is 30.5 Å². The second-order valence-corrected chi connectivity index (χ2v) is 8.53. The number of pyridine rings is 1. The number of hydrogen-bond acceptors (Lipinski definition) is 3. The number of nitrogens with zero attached hydrogens (tertiary/aromatic N) is 2. The number of piperidine rings is 1. The van der Waals surface area contributed by atoms with Crippen LogP contribution in [0.25, 0.3) is 11.3 Å². The van der Waals surface area contributed by atoms with Crippen molar-refractivity contribution in [1.29, 1.82) is 0 Å². The number of nitrogens with one attached hydrogen (secondary N) is 1. The number of aromatic nitrogens is 1. The monoisotopic (exact) mass is 369 g/mol. The number of carbonyl (C=O) groups excluding carboxylic acids is 1. The third-order valence-corrected chi connectivity index (χ3v) is 4.77. The molecule has 27 heavy (non-hydrogen) atoms. The number of benzene rings is 1. The highest BCUT2D eigenvalue weighted by atomic mass is 19.1. The maximum Gasteiger partial charge on any atom is 0.253 e. The van der Waals surface area contributed by atoms with E-state index in [4.69, 9.17) is 0 Å².